The maximum absolute atomic E-state index is 6.53. The SMILES string of the molecule is COc1ccc(C(=Cc2occ3c(Cl)c(Cl)c(Cl)c(Cl)c23)c2ccc(N(C)C)cc2)cc1. The molecule has 0 aliphatic rings. The molecule has 0 unspecified atom stereocenters. The summed E-state index contributed by atoms with van der Waals surface area (Å²) in [6.45, 7) is 0. The first kappa shape index (κ1) is 22.9. The summed E-state index contributed by atoms with van der Waals surface area (Å²) in [7, 11) is 5.65. The molecule has 0 saturated carbocycles. The largest absolute Gasteiger partial charge is 0.497 e. The molecule has 0 radical (unpaired) electrons. The minimum absolute atomic E-state index is 0.197. The van der Waals surface area contributed by atoms with Crippen molar-refractivity contribution in [2.75, 3.05) is 26.1 Å². The summed E-state index contributed by atoms with van der Waals surface area (Å²) in [5.74, 6) is 1.31. The van der Waals surface area contributed by atoms with Gasteiger partial charge in [0.05, 0.1) is 27.2 Å². The highest BCUT2D eigenvalue weighted by atomic mass is 35.5. The van der Waals surface area contributed by atoms with Gasteiger partial charge in [-0.2, -0.15) is 0 Å². The van der Waals surface area contributed by atoms with E-state index in [1.54, 1.807) is 13.4 Å². The van der Waals surface area contributed by atoms with Crippen molar-refractivity contribution in [2.24, 2.45) is 0 Å². The van der Waals surface area contributed by atoms with Crippen LogP contribution in [0.4, 0.5) is 5.69 Å². The van der Waals surface area contributed by atoms with E-state index in [0.29, 0.717) is 26.6 Å². The van der Waals surface area contributed by atoms with E-state index in [0.717, 1.165) is 28.1 Å². The maximum atomic E-state index is 6.53. The van der Waals surface area contributed by atoms with Crippen LogP contribution in [0.2, 0.25) is 20.1 Å². The first-order valence-corrected chi connectivity index (χ1v) is 11.2. The molecule has 0 bridgehead atoms. The van der Waals surface area contributed by atoms with Gasteiger partial charge in [-0.3, -0.25) is 0 Å². The fourth-order valence-corrected chi connectivity index (χ4v) is 4.47. The predicted molar refractivity (Wildman–Crippen MR) is 137 cm³/mol. The van der Waals surface area contributed by atoms with Crippen LogP contribution in [-0.4, -0.2) is 21.2 Å². The molecule has 0 fully saturated rings. The van der Waals surface area contributed by atoms with Gasteiger partial charge in [-0.15, -0.1) is 0 Å². The molecule has 0 amide bonds. The third-order valence-corrected chi connectivity index (χ3v) is 7.04. The monoisotopic (exact) mass is 505 g/mol. The van der Waals surface area contributed by atoms with Gasteiger partial charge < -0.3 is 14.1 Å². The summed E-state index contributed by atoms with van der Waals surface area (Å²) >= 11 is 25.5. The molecule has 4 aromatic rings. The second-order valence-electron chi connectivity index (χ2n) is 7.37. The van der Waals surface area contributed by atoms with E-state index >= 15 is 0 Å². The molecule has 0 saturated heterocycles. The van der Waals surface area contributed by atoms with Crippen molar-refractivity contribution < 1.29 is 9.15 Å². The molecule has 1 aromatic heterocycles. The zero-order valence-electron chi connectivity index (χ0n) is 17.5. The Morgan fingerprint density at radius 3 is 1.94 bits per heavy atom. The number of anilines is 1. The smallest absolute Gasteiger partial charge is 0.136 e. The van der Waals surface area contributed by atoms with Crippen molar-refractivity contribution in [2.45, 2.75) is 0 Å². The van der Waals surface area contributed by atoms with Gasteiger partial charge in [0, 0.05) is 30.6 Å². The lowest BCUT2D eigenvalue weighted by atomic mass is 9.96. The number of hydrogen-bond donors (Lipinski definition) is 0. The van der Waals surface area contributed by atoms with Crippen LogP contribution in [0.15, 0.2) is 59.2 Å². The molecule has 3 aromatic carbocycles. The highest BCUT2D eigenvalue weighted by Crippen LogP contribution is 2.45. The molecule has 0 aliphatic heterocycles. The lowest BCUT2D eigenvalue weighted by molar-refractivity contribution is 0.415. The predicted octanol–water partition coefficient (Wildman–Crippen LogP) is 8.71. The van der Waals surface area contributed by atoms with E-state index in [2.05, 4.69) is 24.3 Å². The second-order valence-corrected chi connectivity index (χ2v) is 8.88. The average molecular weight is 507 g/mol. The molecule has 4 rings (SSSR count). The summed E-state index contributed by atoms with van der Waals surface area (Å²) in [5.41, 5.74) is 4.03. The molecule has 0 atom stereocenters. The first-order valence-electron chi connectivity index (χ1n) is 9.68. The first-order chi connectivity index (χ1) is 15.3. The zero-order chi connectivity index (χ0) is 23.0. The van der Waals surface area contributed by atoms with E-state index < -0.39 is 0 Å². The lowest BCUT2D eigenvalue weighted by Crippen LogP contribution is -2.08. The van der Waals surface area contributed by atoms with E-state index in [-0.39, 0.29) is 10.0 Å². The Balaban J connectivity index is 1.94. The number of furan rings is 1. The summed E-state index contributed by atoms with van der Waals surface area (Å²) in [6, 6.07) is 16.1. The Labute approximate surface area is 206 Å². The van der Waals surface area contributed by atoms with Gasteiger partial charge in [-0.1, -0.05) is 70.7 Å². The lowest BCUT2D eigenvalue weighted by Gasteiger charge is -2.14. The molecule has 1 heterocycles. The Morgan fingerprint density at radius 1 is 0.812 bits per heavy atom. The van der Waals surface area contributed by atoms with Crippen LogP contribution in [0.3, 0.4) is 0 Å². The zero-order valence-corrected chi connectivity index (χ0v) is 20.6. The summed E-state index contributed by atoms with van der Waals surface area (Å²) < 4.78 is 11.2. The number of halogens is 4. The van der Waals surface area contributed by atoms with E-state index in [1.165, 1.54) is 0 Å². The van der Waals surface area contributed by atoms with Crippen LogP contribution in [0.1, 0.15) is 16.9 Å². The van der Waals surface area contributed by atoms with Crippen molar-refractivity contribution in [3.63, 3.8) is 0 Å². The standard InChI is InChI=1S/C25H19Cl4NO2/c1-30(2)16-8-4-14(5-9-16)18(15-6-10-17(31-3)11-7-15)12-20-21-19(13-32-20)22(26)24(28)25(29)23(21)27/h4-13H,1-3H3. The Morgan fingerprint density at radius 2 is 1.38 bits per heavy atom. The molecule has 0 spiro atoms. The van der Waals surface area contributed by atoms with Gasteiger partial charge in [-0.25, -0.2) is 0 Å². The third-order valence-electron chi connectivity index (χ3n) is 5.22. The van der Waals surface area contributed by atoms with Crippen molar-refractivity contribution >= 4 is 74.5 Å². The third kappa shape index (κ3) is 4.18. The number of nitrogens with zero attached hydrogens (tertiary/aromatic N) is 1. The van der Waals surface area contributed by atoms with Crippen LogP contribution < -0.4 is 9.64 Å². The van der Waals surface area contributed by atoms with Crippen LogP contribution in [0, 0.1) is 0 Å². The quantitative estimate of drug-likeness (QED) is 0.200. The normalized spacial score (nSPS) is 11.8. The fourth-order valence-electron chi connectivity index (χ4n) is 3.46. The Bertz CT molecular complexity index is 1310. The van der Waals surface area contributed by atoms with E-state index in [1.807, 2.05) is 49.3 Å². The van der Waals surface area contributed by atoms with Gasteiger partial charge in [0.2, 0.25) is 0 Å². The summed E-state index contributed by atoms with van der Waals surface area (Å²) in [6.07, 6.45) is 3.47. The van der Waals surface area contributed by atoms with Gasteiger partial charge in [0.25, 0.3) is 0 Å². The Hall–Kier alpha value is -2.30. The molecular weight excluding hydrogens is 488 g/mol. The molecular formula is C25H19Cl4NO2. The van der Waals surface area contributed by atoms with Crippen molar-refractivity contribution in [3.05, 3.63) is 91.8 Å². The molecule has 7 heteroatoms. The van der Waals surface area contributed by atoms with Crippen molar-refractivity contribution in [3.8, 4) is 5.75 Å². The van der Waals surface area contributed by atoms with Crippen LogP contribution in [-0.2, 0) is 0 Å². The maximum Gasteiger partial charge on any atom is 0.136 e. The van der Waals surface area contributed by atoms with Crippen LogP contribution in [0.5, 0.6) is 5.75 Å². The minimum Gasteiger partial charge on any atom is -0.497 e. The van der Waals surface area contributed by atoms with Crippen LogP contribution in [0.25, 0.3) is 22.4 Å². The number of benzene rings is 3. The molecule has 0 N–H and O–H groups in total. The molecule has 3 nitrogen and oxygen atoms in total. The number of ether oxygens (including phenoxy) is 1. The van der Waals surface area contributed by atoms with Gasteiger partial charge in [0.1, 0.15) is 17.8 Å². The highest BCUT2D eigenvalue weighted by molar-refractivity contribution is 6.55. The minimum atomic E-state index is 0.197. The fraction of sp³-hybridized carbons (Fsp3) is 0.120. The van der Waals surface area contributed by atoms with E-state index in [4.69, 9.17) is 55.6 Å². The van der Waals surface area contributed by atoms with Crippen LogP contribution >= 0.6 is 46.4 Å². The summed E-state index contributed by atoms with van der Waals surface area (Å²) in [4.78, 5) is 2.05. The van der Waals surface area contributed by atoms with Gasteiger partial charge >= 0.3 is 0 Å². The van der Waals surface area contributed by atoms with Gasteiger partial charge in [0.15, 0.2) is 0 Å². The molecule has 0 aliphatic carbocycles. The van der Waals surface area contributed by atoms with E-state index in [9.17, 15) is 0 Å². The van der Waals surface area contributed by atoms with Gasteiger partial charge in [-0.05, 0) is 47.0 Å². The molecule has 164 valence electrons. The average Bonchev–Trinajstić information content (AvgIpc) is 3.24. The number of rotatable bonds is 5. The molecule has 32 heavy (non-hydrogen) atoms. The highest BCUT2D eigenvalue weighted by Gasteiger charge is 2.20. The summed E-state index contributed by atoms with van der Waals surface area (Å²) in [5, 5.41) is 2.23. The van der Waals surface area contributed by atoms with Crippen molar-refractivity contribution in [1.82, 2.24) is 0 Å². The number of fused-ring (bicyclic) bond motifs is 1. The Kier molecular flexibility index (Phi) is 6.64. The second kappa shape index (κ2) is 9.29. The topological polar surface area (TPSA) is 25.6 Å². The number of hydrogen-bond acceptors (Lipinski definition) is 3. The number of methoxy groups -OCH3 is 1. The van der Waals surface area contributed by atoms with Crippen molar-refractivity contribution in [1.29, 1.82) is 0 Å².